The SMILES string of the molecule is O=C(Nc1cccc(-c2ccc3ccccc3n2)c1)C1CCC1. The average Bonchev–Trinajstić information content (AvgIpc) is 2.53. The van der Waals surface area contributed by atoms with Gasteiger partial charge in [-0.3, -0.25) is 4.79 Å². The second kappa shape index (κ2) is 5.84. The van der Waals surface area contributed by atoms with Crippen LogP contribution in [0.15, 0.2) is 60.7 Å². The van der Waals surface area contributed by atoms with Crippen molar-refractivity contribution in [3.05, 3.63) is 60.7 Å². The zero-order valence-corrected chi connectivity index (χ0v) is 12.8. The number of carbonyl (C=O) groups is 1. The Labute approximate surface area is 135 Å². The highest BCUT2D eigenvalue weighted by Gasteiger charge is 2.25. The lowest BCUT2D eigenvalue weighted by molar-refractivity contribution is -0.122. The van der Waals surface area contributed by atoms with Crippen LogP contribution in [0.3, 0.4) is 0 Å². The summed E-state index contributed by atoms with van der Waals surface area (Å²) in [5, 5.41) is 4.15. The number of para-hydroxylation sites is 1. The second-order valence-electron chi connectivity index (χ2n) is 6.09. The number of rotatable bonds is 3. The van der Waals surface area contributed by atoms with Crippen LogP contribution < -0.4 is 5.32 Å². The van der Waals surface area contributed by atoms with Crippen LogP contribution >= 0.6 is 0 Å². The minimum Gasteiger partial charge on any atom is -0.326 e. The number of hydrogen-bond acceptors (Lipinski definition) is 2. The lowest BCUT2D eigenvalue weighted by atomic mass is 9.85. The molecule has 1 amide bonds. The number of aromatic nitrogens is 1. The van der Waals surface area contributed by atoms with Gasteiger partial charge in [0.2, 0.25) is 5.91 Å². The summed E-state index contributed by atoms with van der Waals surface area (Å²) in [6.07, 6.45) is 3.19. The second-order valence-corrected chi connectivity index (χ2v) is 6.09. The van der Waals surface area contributed by atoms with E-state index in [0.717, 1.165) is 40.7 Å². The number of hydrogen-bond donors (Lipinski definition) is 1. The first-order chi connectivity index (χ1) is 11.3. The topological polar surface area (TPSA) is 42.0 Å². The van der Waals surface area contributed by atoms with Crippen LogP contribution in [-0.2, 0) is 4.79 Å². The summed E-state index contributed by atoms with van der Waals surface area (Å²) in [5.41, 5.74) is 3.76. The Hall–Kier alpha value is -2.68. The zero-order chi connectivity index (χ0) is 15.6. The van der Waals surface area contributed by atoms with Gasteiger partial charge in [0.15, 0.2) is 0 Å². The Bertz CT molecular complexity index is 868. The molecule has 3 aromatic rings. The summed E-state index contributed by atoms with van der Waals surface area (Å²) in [5.74, 6) is 0.331. The Morgan fingerprint density at radius 1 is 1.00 bits per heavy atom. The fraction of sp³-hybridized carbons (Fsp3) is 0.200. The van der Waals surface area contributed by atoms with Gasteiger partial charge in [0.1, 0.15) is 0 Å². The largest absolute Gasteiger partial charge is 0.326 e. The number of fused-ring (bicyclic) bond motifs is 1. The van der Waals surface area contributed by atoms with Crippen molar-refractivity contribution >= 4 is 22.5 Å². The van der Waals surface area contributed by atoms with Crippen molar-refractivity contribution in [2.75, 3.05) is 5.32 Å². The number of carbonyl (C=O) groups excluding carboxylic acids is 1. The van der Waals surface area contributed by atoms with E-state index in [1.165, 1.54) is 6.42 Å². The molecule has 0 bridgehead atoms. The molecule has 1 heterocycles. The van der Waals surface area contributed by atoms with Gasteiger partial charge in [-0.2, -0.15) is 0 Å². The van der Waals surface area contributed by atoms with Gasteiger partial charge in [-0.25, -0.2) is 4.98 Å². The van der Waals surface area contributed by atoms with E-state index in [1.54, 1.807) is 0 Å². The van der Waals surface area contributed by atoms with Crippen molar-refractivity contribution in [2.24, 2.45) is 5.92 Å². The van der Waals surface area contributed by atoms with Gasteiger partial charge in [0.05, 0.1) is 11.2 Å². The number of nitrogens with one attached hydrogen (secondary N) is 1. The molecule has 0 spiro atoms. The quantitative estimate of drug-likeness (QED) is 0.765. The van der Waals surface area contributed by atoms with Gasteiger partial charge in [-0.15, -0.1) is 0 Å². The summed E-state index contributed by atoms with van der Waals surface area (Å²) in [7, 11) is 0. The third kappa shape index (κ3) is 2.82. The maximum atomic E-state index is 12.1. The van der Waals surface area contributed by atoms with Crippen molar-refractivity contribution in [3.63, 3.8) is 0 Å². The van der Waals surface area contributed by atoms with Crippen molar-refractivity contribution in [1.82, 2.24) is 4.98 Å². The highest BCUT2D eigenvalue weighted by molar-refractivity contribution is 5.93. The molecule has 23 heavy (non-hydrogen) atoms. The standard InChI is InChI=1S/C20H18N2O/c23-20(15-6-3-7-15)21-17-9-4-8-16(13-17)19-12-11-14-5-1-2-10-18(14)22-19/h1-2,4-5,8-13,15H,3,6-7H2,(H,21,23). The van der Waals surface area contributed by atoms with Crippen LogP contribution in [0.1, 0.15) is 19.3 Å². The van der Waals surface area contributed by atoms with Crippen LogP contribution in [0, 0.1) is 5.92 Å². The molecule has 1 aromatic heterocycles. The molecule has 1 N–H and O–H groups in total. The number of nitrogens with zero attached hydrogens (tertiary/aromatic N) is 1. The van der Waals surface area contributed by atoms with E-state index in [2.05, 4.69) is 17.4 Å². The number of anilines is 1. The fourth-order valence-corrected chi connectivity index (χ4v) is 2.90. The van der Waals surface area contributed by atoms with Gasteiger partial charge in [0.25, 0.3) is 0 Å². The first-order valence-electron chi connectivity index (χ1n) is 8.07. The van der Waals surface area contributed by atoms with E-state index >= 15 is 0 Å². The maximum absolute atomic E-state index is 12.1. The minimum absolute atomic E-state index is 0.139. The van der Waals surface area contributed by atoms with Gasteiger partial charge in [-0.05, 0) is 37.1 Å². The van der Waals surface area contributed by atoms with Gasteiger partial charge >= 0.3 is 0 Å². The summed E-state index contributed by atoms with van der Waals surface area (Å²) < 4.78 is 0. The van der Waals surface area contributed by atoms with Crippen LogP contribution in [0.4, 0.5) is 5.69 Å². The van der Waals surface area contributed by atoms with Crippen molar-refractivity contribution in [1.29, 1.82) is 0 Å². The lowest BCUT2D eigenvalue weighted by Crippen LogP contribution is -2.27. The van der Waals surface area contributed by atoms with Crippen molar-refractivity contribution < 1.29 is 4.79 Å². The third-order valence-corrected chi connectivity index (χ3v) is 4.50. The van der Waals surface area contributed by atoms with E-state index in [9.17, 15) is 4.79 Å². The van der Waals surface area contributed by atoms with Crippen molar-refractivity contribution in [2.45, 2.75) is 19.3 Å². The molecule has 3 nitrogen and oxygen atoms in total. The summed E-state index contributed by atoms with van der Waals surface area (Å²) in [6, 6.07) is 20.1. The summed E-state index contributed by atoms with van der Waals surface area (Å²) in [6.45, 7) is 0. The van der Waals surface area contributed by atoms with Gasteiger partial charge < -0.3 is 5.32 Å². The van der Waals surface area contributed by atoms with Gasteiger partial charge in [-0.1, -0.05) is 42.8 Å². The molecule has 1 saturated carbocycles. The molecule has 0 saturated heterocycles. The van der Waals surface area contributed by atoms with E-state index in [4.69, 9.17) is 4.98 Å². The molecular formula is C20H18N2O. The Morgan fingerprint density at radius 3 is 2.70 bits per heavy atom. The lowest BCUT2D eigenvalue weighted by Gasteiger charge is -2.24. The molecule has 1 aliphatic rings. The molecule has 0 aliphatic heterocycles. The molecular weight excluding hydrogens is 284 g/mol. The predicted molar refractivity (Wildman–Crippen MR) is 93.1 cm³/mol. The van der Waals surface area contributed by atoms with Crippen LogP contribution in [0.5, 0.6) is 0 Å². The molecule has 0 unspecified atom stereocenters. The normalized spacial score (nSPS) is 14.4. The Morgan fingerprint density at radius 2 is 1.87 bits per heavy atom. The molecule has 3 heteroatoms. The van der Waals surface area contributed by atoms with Gasteiger partial charge in [0, 0.05) is 22.6 Å². The molecule has 2 aromatic carbocycles. The maximum Gasteiger partial charge on any atom is 0.227 e. The minimum atomic E-state index is 0.139. The predicted octanol–water partition coefficient (Wildman–Crippen LogP) is 4.64. The molecule has 114 valence electrons. The molecule has 1 aliphatic carbocycles. The number of benzene rings is 2. The summed E-state index contributed by atoms with van der Waals surface area (Å²) >= 11 is 0. The fourth-order valence-electron chi connectivity index (χ4n) is 2.90. The Balaban J connectivity index is 1.62. The van der Waals surface area contributed by atoms with Crippen LogP contribution in [0.2, 0.25) is 0 Å². The summed E-state index contributed by atoms with van der Waals surface area (Å²) in [4.78, 5) is 16.8. The third-order valence-electron chi connectivity index (χ3n) is 4.50. The van der Waals surface area contributed by atoms with E-state index in [0.29, 0.717) is 0 Å². The van der Waals surface area contributed by atoms with Crippen LogP contribution in [0.25, 0.3) is 22.2 Å². The Kier molecular flexibility index (Phi) is 3.54. The van der Waals surface area contributed by atoms with Crippen molar-refractivity contribution in [3.8, 4) is 11.3 Å². The average molecular weight is 302 g/mol. The van der Waals surface area contributed by atoms with E-state index < -0.39 is 0 Å². The zero-order valence-electron chi connectivity index (χ0n) is 12.8. The molecule has 0 radical (unpaired) electrons. The first-order valence-corrected chi connectivity index (χ1v) is 8.07. The molecule has 1 fully saturated rings. The van der Waals surface area contributed by atoms with Crippen LogP contribution in [-0.4, -0.2) is 10.9 Å². The van der Waals surface area contributed by atoms with E-state index in [-0.39, 0.29) is 11.8 Å². The molecule has 4 rings (SSSR count). The number of pyridine rings is 1. The monoisotopic (exact) mass is 302 g/mol. The first kappa shape index (κ1) is 13.9. The highest BCUT2D eigenvalue weighted by atomic mass is 16.1. The highest BCUT2D eigenvalue weighted by Crippen LogP contribution is 2.28. The van der Waals surface area contributed by atoms with E-state index in [1.807, 2.05) is 48.5 Å². The smallest absolute Gasteiger partial charge is 0.227 e. The molecule has 0 atom stereocenters. The number of amides is 1.